The van der Waals surface area contributed by atoms with Gasteiger partial charge in [0.2, 0.25) is 11.8 Å². The molecular weight excluding hydrogens is 374 g/mol. The van der Waals surface area contributed by atoms with Gasteiger partial charge in [0.1, 0.15) is 0 Å². The highest BCUT2D eigenvalue weighted by atomic mass is 32.1. The summed E-state index contributed by atoms with van der Waals surface area (Å²) in [7, 11) is 0. The van der Waals surface area contributed by atoms with Gasteiger partial charge in [-0.15, -0.1) is 11.3 Å². The molecule has 0 aliphatic carbocycles. The zero-order valence-electron chi connectivity index (χ0n) is 15.7. The van der Waals surface area contributed by atoms with Crippen molar-refractivity contribution >= 4 is 39.5 Å². The second-order valence-electron chi connectivity index (χ2n) is 7.18. The number of carbonyl (C=O) groups is 2. The minimum absolute atomic E-state index is 0.168. The van der Waals surface area contributed by atoms with Crippen LogP contribution in [0.2, 0.25) is 0 Å². The Bertz CT molecular complexity index is 996. The molecule has 4 rings (SSSR count). The lowest BCUT2D eigenvalue weighted by Gasteiger charge is -2.36. The van der Waals surface area contributed by atoms with Crippen LogP contribution < -0.4 is 16.0 Å². The van der Waals surface area contributed by atoms with Gasteiger partial charge in [0.15, 0.2) is 4.96 Å². The molecule has 3 N–H and O–H groups in total. The lowest BCUT2D eigenvalue weighted by molar-refractivity contribution is -0.115. The van der Waals surface area contributed by atoms with Gasteiger partial charge in [-0.2, -0.15) is 0 Å². The van der Waals surface area contributed by atoms with Crippen molar-refractivity contribution in [3.8, 4) is 0 Å². The van der Waals surface area contributed by atoms with Crippen molar-refractivity contribution < 1.29 is 9.59 Å². The largest absolute Gasteiger partial charge is 0.367 e. The first-order chi connectivity index (χ1) is 13.5. The average molecular weight is 398 g/mol. The van der Waals surface area contributed by atoms with Crippen molar-refractivity contribution in [2.75, 3.05) is 16.8 Å². The van der Waals surface area contributed by atoms with E-state index in [0.29, 0.717) is 23.0 Å². The summed E-state index contributed by atoms with van der Waals surface area (Å²) < 4.78 is 1.90. The first-order valence-corrected chi connectivity index (χ1v) is 10.3. The predicted octanol–water partition coefficient (Wildman–Crippen LogP) is 3.05. The monoisotopic (exact) mass is 397 g/mol. The summed E-state index contributed by atoms with van der Waals surface area (Å²) in [6, 6.07) is 5.65. The van der Waals surface area contributed by atoms with Crippen molar-refractivity contribution in [1.82, 2.24) is 9.38 Å². The van der Waals surface area contributed by atoms with Gasteiger partial charge in [-0.1, -0.05) is 0 Å². The van der Waals surface area contributed by atoms with E-state index in [9.17, 15) is 9.59 Å². The molecule has 0 radical (unpaired) electrons. The van der Waals surface area contributed by atoms with Crippen LogP contribution in [-0.4, -0.2) is 33.8 Å². The summed E-state index contributed by atoms with van der Waals surface area (Å²) in [5.74, 6) is -0.679. The van der Waals surface area contributed by atoms with E-state index in [1.54, 1.807) is 12.1 Å². The molecule has 1 aliphatic heterocycles. The van der Waals surface area contributed by atoms with E-state index in [0.717, 1.165) is 30.0 Å². The minimum Gasteiger partial charge on any atom is -0.367 e. The van der Waals surface area contributed by atoms with E-state index in [2.05, 4.69) is 22.1 Å². The summed E-state index contributed by atoms with van der Waals surface area (Å²) >= 11 is 1.53. The van der Waals surface area contributed by atoms with Crippen molar-refractivity contribution in [1.29, 1.82) is 0 Å². The Morgan fingerprint density at radius 3 is 2.96 bits per heavy atom. The fraction of sp³-hybridized carbons (Fsp3) is 0.350. The summed E-state index contributed by atoms with van der Waals surface area (Å²) in [5.41, 5.74) is 8.09. The molecule has 8 heteroatoms. The number of rotatable bonds is 5. The molecule has 1 aromatic carbocycles. The molecule has 0 saturated carbocycles. The third-order valence-corrected chi connectivity index (χ3v) is 5.92. The predicted molar refractivity (Wildman–Crippen MR) is 111 cm³/mol. The molecule has 7 nitrogen and oxygen atoms in total. The molecule has 2 aromatic heterocycles. The Morgan fingerprint density at radius 2 is 2.21 bits per heavy atom. The molecule has 1 fully saturated rings. The second-order valence-corrected chi connectivity index (χ2v) is 8.06. The number of nitrogens with one attached hydrogen (secondary N) is 1. The number of hydrogen-bond donors (Lipinski definition) is 2. The number of amides is 2. The maximum atomic E-state index is 12.7. The Morgan fingerprint density at radius 1 is 1.36 bits per heavy atom. The summed E-state index contributed by atoms with van der Waals surface area (Å²) in [6.45, 7) is 3.11. The van der Waals surface area contributed by atoms with Crippen molar-refractivity contribution in [2.24, 2.45) is 5.73 Å². The van der Waals surface area contributed by atoms with Crippen molar-refractivity contribution in [3.63, 3.8) is 0 Å². The van der Waals surface area contributed by atoms with E-state index in [1.807, 2.05) is 28.2 Å². The average Bonchev–Trinajstić information content (AvgIpc) is 3.23. The van der Waals surface area contributed by atoms with Crippen LogP contribution in [0.5, 0.6) is 0 Å². The maximum absolute atomic E-state index is 12.7. The molecule has 3 heterocycles. The number of nitrogens with zero attached hydrogens (tertiary/aromatic N) is 3. The number of nitrogens with two attached hydrogens (primary N) is 1. The number of primary amides is 1. The summed E-state index contributed by atoms with van der Waals surface area (Å²) in [4.78, 5) is 31.9. The van der Waals surface area contributed by atoms with Crippen LogP contribution in [0.15, 0.2) is 36.0 Å². The molecule has 1 saturated heterocycles. The van der Waals surface area contributed by atoms with Crippen LogP contribution >= 0.6 is 11.3 Å². The van der Waals surface area contributed by atoms with Crippen LogP contribution in [0.3, 0.4) is 0 Å². The van der Waals surface area contributed by atoms with E-state index >= 15 is 0 Å². The SMILES string of the molecule is C[C@@H]1CCCCN1c1ccc(C(N)=O)cc1NC(=O)Cc1cn2ccsc2n1. The molecular formula is C20H23N5O2S. The van der Waals surface area contributed by atoms with Gasteiger partial charge in [-0.25, -0.2) is 4.98 Å². The van der Waals surface area contributed by atoms with Gasteiger partial charge in [0.25, 0.3) is 0 Å². The molecule has 0 bridgehead atoms. The van der Waals surface area contributed by atoms with Gasteiger partial charge < -0.3 is 16.0 Å². The van der Waals surface area contributed by atoms with Crippen LogP contribution in [-0.2, 0) is 11.2 Å². The van der Waals surface area contributed by atoms with Crippen molar-refractivity contribution in [3.05, 3.63) is 47.2 Å². The lowest BCUT2D eigenvalue weighted by Crippen LogP contribution is -2.38. The van der Waals surface area contributed by atoms with Gasteiger partial charge in [0.05, 0.1) is 23.5 Å². The fourth-order valence-electron chi connectivity index (χ4n) is 3.72. The second kappa shape index (κ2) is 7.63. The molecule has 28 heavy (non-hydrogen) atoms. The smallest absolute Gasteiger partial charge is 0.248 e. The molecule has 1 aliphatic rings. The van der Waals surface area contributed by atoms with E-state index < -0.39 is 5.91 Å². The molecule has 1 atom stereocenters. The fourth-order valence-corrected chi connectivity index (χ4v) is 4.43. The highest BCUT2D eigenvalue weighted by molar-refractivity contribution is 7.15. The number of anilines is 2. The molecule has 2 amide bonds. The Labute approximate surface area is 167 Å². The quantitative estimate of drug-likeness (QED) is 0.692. The maximum Gasteiger partial charge on any atom is 0.248 e. The Kier molecular flexibility index (Phi) is 5.04. The third kappa shape index (κ3) is 3.73. The van der Waals surface area contributed by atoms with Crippen LogP contribution in [0.25, 0.3) is 4.96 Å². The number of hydrogen-bond acceptors (Lipinski definition) is 5. The first kappa shape index (κ1) is 18.5. The molecule has 0 unspecified atom stereocenters. The standard InChI is InChI=1S/C20H23N5O2S/c1-13-4-2-3-7-25(13)17-6-5-14(19(21)27)10-16(17)23-18(26)11-15-12-24-8-9-28-20(24)22-15/h5-6,8-10,12-13H,2-4,7,11H2,1H3,(H2,21,27)(H,23,26)/t13-/m1/s1. The van der Waals surface area contributed by atoms with E-state index in [-0.39, 0.29) is 12.3 Å². The lowest BCUT2D eigenvalue weighted by atomic mass is 10.0. The Balaban J connectivity index is 1.58. The van der Waals surface area contributed by atoms with Crippen LogP contribution in [0.4, 0.5) is 11.4 Å². The van der Waals surface area contributed by atoms with Gasteiger partial charge in [-0.3, -0.25) is 14.0 Å². The van der Waals surface area contributed by atoms with E-state index in [1.165, 1.54) is 17.8 Å². The topological polar surface area (TPSA) is 92.7 Å². The highest BCUT2D eigenvalue weighted by Crippen LogP contribution is 2.32. The number of benzene rings is 1. The van der Waals surface area contributed by atoms with Crippen molar-refractivity contribution in [2.45, 2.75) is 38.6 Å². The number of piperidine rings is 1. The van der Waals surface area contributed by atoms with E-state index in [4.69, 9.17) is 5.73 Å². The van der Waals surface area contributed by atoms with Gasteiger partial charge in [-0.05, 0) is 44.4 Å². The molecule has 0 spiro atoms. The number of aromatic nitrogens is 2. The Hall–Kier alpha value is -2.87. The van der Waals surface area contributed by atoms with Gasteiger partial charge in [0, 0.05) is 35.9 Å². The normalized spacial score (nSPS) is 17.0. The van der Waals surface area contributed by atoms with Crippen LogP contribution in [0, 0.1) is 0 Å². The first-order valence-electron chi connectivity index (χ1n) is 9.42. The molecule has 3 aromatic rings. The summed E-state index contributed by atoms with van der Waals surface area (Å²) in [5, 5.41) is 4.93. The third-order valence-electron chi connectivity index (χ3n) is 5.15. The zero-order chi connectivity index (χ0) is 19.7. The number of imidazole rings is 1. The number of carbonyl (C=O) groups excluding carboxylic acids is 2. The zero-order valence-corrected chi connectivity index (χ0v) is 16.5. The van der Waals surface area contributed by atoms with Crippen LogP contribution in [0.1, 0.15) is 42.2 Å². The minimum atomic E-state index is -0.511. The number of fused-ring (bicyclic) bond motifs is 1. The summed E-state index contributed by atoms with van der Waals surface area (Å²) in [6.07, 6.45) is 7.37. The van der Waals surface area contributed by atoms with Gasteiger partial charge >= 0.3 is 0 Å². The highest BCUT2D eigenvalue weighted by Gasteiger charge is 2.22. The number of thiazole rings is 1. The molecule has 146 valence electrons.